The second-order valence-corrected chi connectivity index (χ2v) is 7.88. The summed E-state index contributed by atoms with van der Waals surface area (Å²) in [7, 11) is 0. The summed E-state index contributed by atoms with van der Waals surface area (Å²) in [6.45, 7) is 0.517. The molecule has 0 aromatic heterocycles. The van der Waals surface area contributed by atoms with Gasteiger partial charge in [0.05, 0.1) is 31.8 Å². The lowest BCUT2D eigenvalue weighted by atomic mass is 9.96. The molecule has 1 aliphatic rings. The van der Waals surface area contributed by atoms with Crippen LogP contribution in [-0.4, -0.2) is 56.0 Å². The SMILES string of the molecule is O=C(NCC1CCN(C(=O)c2ccc([N+](=O)[O-])cc2[N+](=O)[O-])CC1)c1ccc([N+](=O)[O-])cc1[N+](=O)[O-]. The molecule has 3 rings (SSSR count). The first-order valence-corrected chi connectivity index (χ1v) is 10.4. The van der Waals surface area contributed by atoms with Crippen LogP contribution >= 0.6 is 0 Å². The Morgan fingerprint density at radius 1 is 0.778 bits per heavy atom. The molecule has 2 aromatic carbocycles. The molecule has 0 saturated carbocycles. The summed E-state index contributed by atoms with van der Waals surface area (Å²) in [4.78, 5) is 67.6. The van der Waals surface area contributed by atoms with Crippen molar-refractivity contribution in [3.63, 3.8) is 0 Å². The standard InChI is InChI=1S/C20H18N6O10/c27-19(15-3-1-13(23(29)30)9-17(15)25(33)34)21-11-12-5-7-22(8-6-12)20(28)16-4-2-14(24(31)32)10-18(16)26(35)36/h1-4,9-10,12H,5-8,11H2,(H,21,27). The maximum Gasteiger partial charge on any atom is 0.289 e. The minimum atomic E-state index is -0.886. The van der Waals surface area contributed by atoms with Crippen molar-refractivity contribution in [3.05, 3.63) is 88.0 Å². The fourth-order valence-corrected chi connectivity index (χ4v) is 3.78. The highest BCUT2D eigenvalue weighted by molar-refractivity contribution is 5.99. The molecule has 0 atom stereocenters. The smallest absolute Gasteiger partial charge is 0.289 e. The Morgan fingerprint density at radius 2 is 1.25 bits per heavy atom. The van der Waals surface area contributed by atoms with Gasteiger partial charge in [0.1, 0.15) is 11.1 Å². The monoisotopic (exact) mass is 502 g/mol. The number of hydrogen-bond donors (Lipinski definition) is 1. The van der Waals surface area contributed by atoms with E-state index in [0.29, 0.717) is 18.9 Å². The lowest BCUT2D eigenvalue weighted by molar-refractivity contribution is -0.394. The molecule has 16 heteroatoms. The van der Waals surface area contributed by atoms with E-state index in [1.54, 1.807) is 0 Å². The average Bonchev–Trinajstić information content (AvgIpc) is 2.86. The van der Waals surface area contributed by atoms with Crippen molar-refractivity contribution in [2.75, 3.05) is 19.6 Å². The molecular weight excluding hydrogens is 484 g/mol. The molecule has 1 saturated heterocycles. The number of hydrogen-bond acceptors (Lipinski definition) is 10. The van der Waals surface area contributed by atoms with Crippen molar-refractivity contribution < 1.29 is 29.3 Å². The van der Waals surface area contributed by atoms with E-state index >= 15 is 0 Å². The molecule has 0 radical (unpaired) electrons. The predicted molar refractivity (Wildman–Crippen MR) is 120 cm³/mol. The van der Waals surface area contributed by atoms with Gasteiger partial charge in [0.15, 0.2) is 0 Å². The largest absolute Gasteiger partial charge is 0.352 e. The van der Waals surface area contributed by atoms with Gasteiger partial charge in [0.2, 0.25) is 0 Å². The zero-order valence-corrected chi connectivity index (χ0v) is 18.4. The average molecular weight is 502 g/mol. The van der Waals surface area contributed by atoms with Gasteiger partial charge in [-0.2, -0.15) is 0 Å². The molecule has 36 heavy (non-hydrogen) atoms. The van der Waals surface area contributed by atoms with Crippen LogP contribution in [0.3, 0.4) is 0 Å². The highest BCUT2D eigenvalue weighted by Crippen LogP contribution is 2.28. The number of piperidine rings is 1. The summed E-state index contributed by atoms with van der Waals surface area (Å²) in [5.74, 6) is -1.54. The molecule has 2 aromatic rings. The van der Waals surface area contributed by atoms with Crippen molar-refractivity contribution in [1.82, 2.24) is 10.2 Å². The first-order chi connectivity index (χ1) is 17.0. The van der Waals surface area contributed by atoms with E-state index in [2.05, 4.69) is 5.32 Å². The number of nitro groups is 4. The molecule has 1 fully saturated rings. The van der Waals surface area contributed by atoms with E-state index in [1.807, 2.05) is 0 Å². The summed E-state index contributed by atoms with van der Waals surface area (Å²) in [5, 5.41) is 46.8. The minimum absolute atomic E-state index is 0.109. The molecule has 1 aliphatic heterocycles. The predicted octanol–water partition coefficient (Wildman–Crippen LogP) is 2.60. The number of carbonyl (C=O) groups excluding carboxylic acids is 2. The number of carbonyl (C=O) groups is 2. The second kappa shape index (κ2) is 10.5. The van der Waals surface area contributed by atoms with Crippen LogP contribution in [0.4, 0.5) is 22.7 Å². The van der Waals surface area contributed by atoms with Crippen molar-refractivity contribution in [3.8, 4) is 0 Å². The van der Waals surface area contributed by atoms with Crippen molar-refractivity contribution in [1.29, 1.82) is 0 Å². The Kier molecular flexibility index (Phi) is 7.46. The number of benzene rings is 2. The topological polar surface area (TPSA) is 222 Å². The summed E-state index contributed by atoms with van der Waals surface area (Å²) in [6, 6.07) is 5.48. The van der Waals surface area contributed by atoms with Crippen LogP contribution in [-0.2, 0) is 0 Å². The quantitative estimate of drug-likeness (QED) is 0.410. The number of non-ortho nitro benzene ring substituents is 2. The molecule has 16 nitrogen and oxygen atoms in total. The molecule has 0 spiro atoms. The first kappa shape index (κ1) is 25.6. The van der Waals surface area contributed by atoms with Gasteiger partial charge in [-0.05, 0) is 30.9 Å². The first-order valence-electron chi connectivity index (χ1n) is 10.4. The minimum Gasteiger partial charge on any atom is -0.352 e. The van der Waals surface area contributed by atoms with Crippen molar-refractivity contribution in [2.24, 2.45) is 5.92 Å². The molecule has 1 heterocycles. The van der Waals surface area contributed by atoms with Gasteiger partial charge in [-0.1, -0.05) is 0 Å². The summed E-state index contributed by atoms with van der Waals surface area (Å²) in [6.07, 6.45) is 0.824. The maximum atomic E-state index is 12.8. The molecular formula is C20H18N6O10. The fourth-order valence-electron chi connectivity index (χ4n) is 3.78. The van der Waals surface area contributed by atoms with Crippen molar-refractivity contribution in [2.45, 2.75) is 12.8 Å². The van der Waals surface area contributed by atoms with Crippen molar-refractivity contribution >= 4 is 34.6 Å². The third kappa shape index (κ3) is 5.54. The van der Waals surface area contributed by atoms with Crippen LogP contribution in [0.1, 0.15) is 33.6 Å². The Labute approximate surface area is 201 Å². The van der Waals surface area contributed by atoms with E-state index in [4.69, 9.17) is 0 Å². The van der Waals surface area contributed by atoms with E-state index in [9.17, 15) is 50.0 Å². The highest BCUT2D eigenvalue weighted by Gasteiger charge is 2.30. The van der Waals surface area contributed by atoms with E-state index < -0.39 is 54.3 Å². The van der Waals surface area contributed by atoms with Gasteiger partial charge in [-0.3, -0.25) is 50.0 Å². The number of nitrogens with zero attached hydrogens (tertiary/aromatic N) is 5. The van der Waals surface area contributed by atoms with E-state index in [0.717, 1.165) is 30.3 Å². The Bertz CT molecular complexity index is 1270. The third-order valence-electron chi connectivity index (χ3n) is 5.71. The zero-order valence-electron chi connectivity index (χ0n) is 18.4. The van der Waals surface area contributed by atoms with E-state index in [1.165, 1.54) is 4.90 Å². The Morgan fingerprint density at radius 3 is 1.72 bits per heavy atom. The van der Waals surface area contributed by atoms with Gasteiger partial charge < -0.3 is 10.2 Å². The normalized spacial score (nSPS) is 13.6. The van der Waals surface area contributed by atoms with Gasteiger partial charge in [0, 0.05) is 31.8 Å². The summed E-state index contributed by atoms with van der Waals surface area (Å²) >= 11 is 0. The maximum absolute atomic E-state index is 12.8. The number of amides is 2. The van der Waals surface area contributed by atoms with Crippen LogP contribution in [0.25, 0.3) is 0 Å². The number of nitro benzene ring substituents is 4. The highest BCUT2D eigenvalue weighted by atomic mass is 16.6. The molecule has 2 amide bonds. The molecule has 0 unspecified atom stereocenters. The van der Waals surface area contributed by atoms with Gasteiger partial charge in [-0.15, -0.1) is 0 Å². The van der Waals surface area contributed by atoms with Crippen LogP contribution in [0, 0.1) is 46.4 Å². The van der Waals surface area contributed by atoms with Crippen LogP contribution < -0.4 is 5.32 Å². The summed E-state index contributed by atoms with van der Waals surface area (Å²) < 4.78 is 0. The molecule has 188 valence electrons. The Balaban J connectivity index is 1.62. The molecule has 0 aliphatic carbocycles. The fraction of sp³-hybridized carbons (Fsp3) is 0.300. The second-order valence-electron chi connectivity index (χ2n) is 7.88. The lowest BCUT2D eigenvalue weighted by Gasteiger charge is -2.32. The molecule has 0 bridgehead atoms. The molecule has 1 N–H and O–H groups in total. The summed E-state index contributed by atoms with van der Waals surface area (Å²) in [5.41, 5.74) is -3.02. The van der Waals surface area contributed by atoms with Gasteiger partial charge >= 0.3 is 0 Å². The number of likely N-dealkylation sites (tertiary alicyclic amines) is 1. The Hall–Kier alpha value is -5.02. The van der Waals surface area contributed by atoms with Gasteiger partial charge in [0.25, 0.3) is 34.6 Å². The third-order valence-corrected chi connectivity index (χ3v) is 5.71. The zero-order chi connectivity index (χ0) is 26.6. The van der Waals surface area contributed by atoms with Gasteiger partial charge in [-0.25, -0.2) is 0 Å². The van der Waals surface area contributed by atoms with Crippen LogP contribution in [0.5, 0.6) is 0 Å². The van der Waals surface area contributed by atoms with E-state index in [-0.39, 0.29) is 36.7 Å². The van der Waals surface area contributed by atoms with Crippen LogP contribution in [0.2, 0.25) is 0 Å². The lowest BCUT2D eigenvalue weighted by Crippen LogP contribution is -2.41. The van der Waals surface area contributed by atoms with Crippen LogP contribution in [0.15, 0.2) is 36.4 Å². The number of rotatable bonds is 8. The number of nitrogens with one attached hydrogen (secondary N) is 1.